The number of aryl methyl sites for hydroxylation is 1. The van der Waals surface area contributed by atoms with E-state index in [1.165, 1.54) is 46.0 Å². The Bertz CT molecular complexity index is 779. The topological polar surface area (TPSA) is 17.1 Å². The zero-order valence-corrected chi connectivity index (χ0v) is 14.2. The zero-order valence-electron chi connectivity index (χ0n) is 12.6. The maximum absolute atomic E-state index is 12.2. The highest BCUT2D eigenvalue weighted by molar-refractivity contribution is 7.25. The molecule has 21 heavy (non-hydrogen) atoms. The molecule has 3 rings (SSSR count). The number of hydrogen-bond acceptors (Lipinski definition) is 3. The van der Waals surface area contributed by atoms with Crippen molar-refractivity contribution in [3.8, 4) is 0 Å². The van der Waals surface area contributed by atoms with Gasteiger partial charge in [0.25, 0.3) is 0 Å². The van der Waals surface area contributed by atoms with Gasteiger partial charge in [0.1, 0.15) is 0 Å². The SMILES string of the molecule is CCCCCCc1c(C(C)=O)c2ccsc2c2sccc12. The second-order valence-corrected chi connectivity index (χ2v) is 7.38. The largest absolute Gasteiger partial charge is 0.294 e. The summed E-state index contributed by atoms with van der Waals surface area (Å²) in [5.74, 6) is 0.206. The van der Waals surface area contributed by atoms with E-state index in [1.54, 1.807) is 29.6 Å². The summed E-state index contributed by atoms with van der Waals surface area (Å²) in [6, 6.07) is 4.31. The van der Waals surface area contributed by atoms with E-state index in [9.17, 15) is 4.79 Å². The van der Waals surface area contributed by atoms with Gasteiger partial charge in [-0.1, -0.05) is 26.2 Å². The van der Waals surface area contributed by atoms with Crippen molar-refractivity contribution in [3.63, 3.8) is 0 Å². The molecule has 0 saturated heterocycles. The number of thiophene rings is 2. The monoisotopic (exact) mass is 316 g/mol. The molecule has 0 radical (unpaired) electrons. The molecular formula is C18H20OS2. The summed E-state index contributed by atoms with van der Waals surface area (Å²) < 4.78 is 2.64. The number of fused-ring (bicyclic) bond motifs is 3. The van der Waals surface area contributed by atoms with Crippen molar-refractivity contribution in [2.24, 2.45) is 0 Å². The Morgan fingerprint density at radius 3 is 2.33 bits per heavy atom. The van der Waals surface area contributed by atoms with E-state index in [0.717, 1.165) is 17.4 Å². The van der Waals surface area contributed by atoms with Gasteiger partial charge in [0.2, 0.25) is 0 Å². The third-order valence-electron chi connectivity index (χ3n) is 4.07. The first-order chi connectivity index (χ1) is 10.2. The highest BCUT2D eigenvalue weighted by Gasteiger charge is 2.18. The van der Waals surface area contributed by atoms with Crippen LogP contribution in [0.5, 0.6) is 0 Å². The standard InChI is InChI=1S/C18H20OS2/c1-3-4-5-6-7-13-14-8-10-20-17(14)18-15(9-11-21-18)16(13)12(2)19/h8-11H,3-7H2,1-2H3. The van der Waals surface area contributed by atoms with Gasteiger partial charge in [0.15, 0.2) is 5.78 Å². The third-order valence-corrected chi connectivity index (χ3v) is 6.06. The minimum absolute atomic E-state index is 0.206. The summed E-state index contributed by atoms with van der Waals surface area (Å²) in [6.45, 7) is 3.94. The zero-order chi connectivity index (χ0) is 14.8. The van der Waals surface area contributed by atoms with Crippen LogP contribution >= 0.6 is 22.7 Å². The summed E-state index contributed by atoms with van der Waals surface area (Å²) >= 11 is 3.55. The lowest BCUT2D eigenvalue weighted by molar-refractivity contribution is 0.101. The summed E-state index contributed by atoms with van der Waals surface area (Å²) in [5.41, 5.74) is 2.24. The van der Waals surface area contributed by atoms with Crippen molar-refractivity contribution in [1.29, 1.82) is 0 Å². The quantitative estimate of drug-likeness (QED) is 0.377. The Morgan fingerprint density at radius 2 is 1.67 bits per heavy atom. The molecule has 0 saturated carbocycles. The molecule has 3 aromatic rings. The van der Waals surface area contributed by atoms with Gasteiger partial charge in [-0.3, -0.25) is 4.79 Å². The molecule has 110 valence electrons. The van der Waals surface area contributed by atoms with Crippen molar-refractivity contribution in [3.05, 3.63) is 34.0 Å². The predicted molar refractivity (Wildman–Crippen MR) is 95.1 cm³/mol. The van der Waals surface area contributed by atoms with E-state index in [4.69, 9.17) is 0 Å². The maximum Gasteiger partial charge on any atom is 0.160 e. The predicted octanol–water partition coefficient (Wildman–Crippen LogP) is 6.44. The molecule has 1 nitrogen and oxygen atoms in total. The molecule has 3 heteroatoms. The minimum Gasteiger partial charge on any atom is -0.294 e. The number of carbonyl (C=O) groups is 1. The summed E-state index contributed by atoms with van der Waals surface area (Å²) in [4.78, 5) is 12.2. The Labute approximate surface area is 133 Å². The second-order valence-electron chi connectivity index (χ2n) is 5.55. The molecule has 0 bridgehead atoms. The van der Waals surface area contributed by atoms with Crippen molar-refractivity contribution < 1.29 is 4.79 Å². The van der Waals surface area contributed by atoms with E-state index in [-0.39, 0.29) is 5.78 Å². The van der Waals surface area contributed by atoms with Crippen LogP contribution in [0.25, 0.3) is 20.2 Å². The average molecular weight is 316 g/mol. The highest BCUT2D eigenvalue weighted by Crippen LogP contribution is 2.39. The van der Waals surface area contributed by atoms with Crippen LogP contribution in [0.4, 0.5) is 0 Å². The first-order valence-corrected chi connectivity index (χ1v) is 9.40. The first kappa shape index (κ1) is 14.7. The lowest BCUT2D eigenvalue weighted by Crippen LogP contribution is -2.01. The lowest BCUT2D eigenvalue weighted by Gasteiger charge is -2.11. The molecule has 2 heterocycles. The van der Waals surface area contributed by atoms with Gasteiger partial charge < -0.3 is 0 Å². The Morgan fingerprint density at radius 1 is 1.00 bits per heavy atom. The summed E-state index contributed by atoms with van der Waals surface area (Å²) in [7, 11) is 0. The normalized spacial score (nSPS) is 11.5. The van der Waals surface area contributed by atoms with Crippen molar-refractivity contribution in [1.82, 2.24) is 0 Å². The first-order valence-electron chi connectivity index (χ1n) is 7.64. The van der Waals surface area contributed by atoms with Crippen LogP contribution in [-0.4, -0.2) is 5.78 Å². The summed E-state index contributed by atoms with van der Waals surface area (Å²) in [6.07, 6.45) is 5.98. The Balaban J connectivity index is 2.15. The van der Waals surface area contributed by atoms with Gasteiger partial charge in [0.05, 0.1) is 9.40 Å². The Kier molecular flexibility index (Phi) is 4.41. The van der Waals surface area contributed by atoms with E-state index < -0.39 is 0 Å². The molecule has 0 fully saturated rings. The minimum atomic E-state index is 0.206. The molecule has 0 aliphatic carbocycles. The summed E-state index contributed by atoms with van der Waals surface area (Å²) in [5, 5.41) is 6.73. The lowest BCUT2D eigenvalue weighted by atomic mass is 9.93. The fraction of sp³-hybridized carbons (Fsp3) is 0.389. The maximum atomic E-state index is 12.2. The Hall–Kier alpha value is -1.19. The second kappa shape index (κ2) is 6.29. The molecule has 0 aliphatic rings. The number of benzene rings is 1. The van der Waals surface area contributed by atoms with E-state index >= 15 is 0 Å². The number of rotatable bonds is 6. The molecule has 0 unspecified atom stereocenters. The fourth-order valence-electron chi connectivity index (χ4n) is 3.09. The molecule has 0 amide bonds. The van der Waals surface area contributed by atoms with Gasteiger partial charge in [-0.05, 0) is 53.6 Å². The number of unbranched alkanes of at least 4 members (excludes halogenated alkanes) is 3. The van der Waals surface area contributed by atoms with Crippen LogP contribution < -0.4 is 0 Å². The highest BCUT2D eigenvalue weighted by atomic mass is 32.1. The molecule has 0 atom stereocenters. The van der Waals surface area contributed by atoms with E-state index in [1.807, 2.05) is 0 Å². The molecule has 0 N–H and O–H groups in total. The van der Waals surface area contributed by atoms with Crippen LogP contribution in [0, 0.1) is 0 Å². The molecule has 0 spiro atoms. The fourth-order valence-corrected chi connectivity index (χ4v) is 5.11. The molecular weight excluding hydrogens is 296 g/mol. The van der Waals surface area contributed by atoms with Gasteiger partial charge in [-0.2, -0.15) is 0 Å². The van der Waals surface area contributed by atoms with Gasteiger partial charge in [-0.15, -0.1) is 22.7 Å². The average Bonchev–Trinajstić information content (AvgIpc) is 3.10. The van der Waals surface area contributed by atoms with Crippen LogP contribution in [0.15, 0.2) is 22.9 Å². The van der Waals surface area contributed by atoms with Crippen LogP contribution in [0.3, 0.4) is 0 Å². The van der Waals surface area contributed by atoms with Crippen molar-refractivity contribution >= 4 is 48.6 Å². The van der Waals surface area contributed by atoms with Gasteiger partial charge in [-0.25, -0.2) is 0 Å². The number of carbonyl (C=O) groups excluding carboxylic acids is 1. The van der Waals surface area contributed by atoms with E-state index in [2.05, 4.69) is 29.8 Å². The van der Waals surface area contributed by atoms with Crippen molar-refractivity contribution in [2.75, 3.05) is 0 Å². The van der Waals surface area contributed by atoms with Crippen molar-refractivity contribution in [2.45, 2.75) is 46.0 Å². The number of Topliss-reactive ketones (excluding diaryl/α,β-unsaturated/α-hetero) is 1. The van der Waals surface area contributed by atoms with Crippen LogP contribution in [0.2, 0.25) is 0 Å². The smallest absolute Gasteiger partial charge is 0.160 e. The van der Waals surface area contributed by atoms with E-state index in [0.29, 0.717) is 0 Å². The van der Waals surface area contributed by atoms with Crippen LogP contribution in [-0.2, 0) is 6.42 Å². The van der Waals surface area contributed by atoms with Crippen LogP contribution in [0.1, 0.15) is 55.5 Å². The third kappa shape index (κ3) is 2.65. The van der Waals surface area contributed by atoms with Gasteiger partial charge in [0, 0.05) is 10.9 Å². The molecule has 2 aromatic heterocycles. The number of hydrogen-bond donors (Lipinski definition) is 0. The number of ketones is 1. The van der Waals surface area contributed by atoms with Gasteiger partial charge >= 0.3 is 0 Å². The molecule has 0 aliphatic heterocycles. The molecule has 1 aromatic carbocycles.